The van der Waals surface area contributed by atoms with E-state index in [1.54, 1.807) is 11.1 Å². The Morgan fingerprint density at radius 3 is 2.40 bits per heavy atom. The molecule has 0 heterocycles. The summed E-state index contributed by atoms with van der Waals surface area (Å²) in [6.07, 6.45) is 16.1. The zero-order valence-corrected chi connectivity index (χ0v) is 14.1. The maximum atomic E-state index is 2.55. The third-order valence-corrected chi connectivity index (χ3v) is 5.79. The van der Waals surface area contributed by atoms with E-state index in [1.165, 1.54) is 51.4 Å². The van der Waals surface area contributed by atoms with Crippen LogP contribution in [0.1, 0.15) is 79.1 Å². The fraction of sp³-hybridized carbons (Fsp3) is 0.800. The molecule has 0 spiro atoms. The maximum Gasteiger partial charge on any atom is -0.0157 e. The van der Waals surface area contributed by atoms with E-state index in [1.807, 2.05) is 0 Å². The van der Waals surface area contributed by atoms with Crippen molar-refractivity contribution in [1.82, 2.24) is 0 Å². The molecule has 0 bridgehead atoms. The first kappa shape index (κ1) is 15.9. The molecule has 114 valence electrons. The van der Waals surface area contributed by atoms with Crippen LogP contribution >= 0.6 is 0 Å². The van der Waals surface area contributed by atoms with Crippen LogP contribution in [0.3, 0.4) is 0 Å². The number of hydrogen-bond acceptors (Lipinski definition) is 0. The van der Waals surface area contributed by atoms with Crippen molar-refractivity contribution in [3.05, 3.63) is 23.3 Å². The lowest BCUT2D eigenvalue weighted by atomic mass is 9.83. The van der Waals surface area contributed by atoms with Crippen molar-refractivity contribution in [3.63, 3.8) is 0 Å². The fourth-order valence-corrected chi connectivity index (χ4v) is 4.11. The molecule has 0 amide bonds. The van der Waals surface area contributed by atoms with Gasteiger partial charge in [0.15, 0.2) is 0 Å². The van der Waals surface area contributed by atoms with Crippen molar-refractivity contribution in [2.75, 3.05) is 0 Å². The molecule has 0 aromatic carbocycles. The summed E-state index contributed by atoms with van der Waals surface area (Å²) in [6.45, 7) is 9.67. The van der Waals surface area contributed by atoms with Crippen LogP contribution in [0.4, 0.5) is 0 Å². The standard InChI is InChI=1S/C20H34/c1-5-6-9-15(2)16(3)12-13-18-14-17(4)19-10-7-8-11-20(18)19/h10-11,15-18H,5-9,12-14H2,1-4H3/t15-,16?,17?,18+/m1/s1. The van der Waals surface area contributed by atoms with Crippen LogP contribution < -0.4 is 0 Å². The van der Waals surface area contributed by atoms with Crippen molar-refractivity contribution in [3.8, 4) is 0 Å². The minimum Gasteiger partial charge on any atom is -0.0805 e. The molecule has 4 atom stereocenters. The Hall–Kier alpha value is -0.520. The van der Waals surface area contributed by atoms with E-state index in [0.717, 1.165) is 23.7 Å². The van der Waals surface area contributed by atoms with Crippen LogP contribution in [0, 0.1) is 23.7 Å². The third-order valence-electron chi connectivity index (χ3n) is 5.79. The average Bonchev–Trinajstić information content (AvgIpc) is 2.79. The largest absolute Gasteiger partial charge is 0.0805 e. The first-order valence-electron chi connectivity index (χ1n) is 9.03. The van der Waals surface area contributed by atoms with Crippen molar-refractivity contribution in [1.29, 1.82) is 0 Å². The predicted octanol–water partition coefficient (Wildman–Crippen LogP) is 6.53. The summed E-state index contributed by atoms with van der Waals surface area (Å²) in [5, 5.41) is 0. The molecule has 0 aliphatic heterocycles. The Morgan fingerprint density at radius 2 is 1.70 bits per heavy atom. The van der Waals surface area contributed by atoms with E-state index < -0.39 is 0 Å². The molecule has 0 aromatic rings. The van der Waals surface area contributed by atoms with Crippen molar-refractivity contribution in [2.24, 2.45) is 23.7 Å². The van der Waals surface area contributed by atoms with Crippen LogP contribution in [0.25, 0.3) is 0 Å². The Balaban J connectivity index is 1.82. The Kier molecular flexibility index (Phi) is 5.93. The Labute approximate surface area is 126 Å². The minimum atomic E-state index is 0.819. The molecule has 0 heteroatoms. The highest BCUT2D eigenvalue weighted by Crippen LogP contribution is 2.45. The molecule has 0 saturated heterocycles. The van der Waals surface area contributed by atoms with Gasteiger partial charge in [0, 0.05) is 0 Å². The molecular weight excluding hydrogens is 240 g/mol. The number of rotatable bonds is 7. The van der Waals surface area contributed by atoms with Crippen LogP contribution in [0.5, 0.6) is 0 Å². The van der Waals surface area contributed by atoms with Crippen LogP contribution in [-0.4, -0.2) is 0 Å². The van der Waals surface area contributed by atoms with E-state index in [4.69, 9.17) is 0 Å². The highest BCUT2D eigenvalue weighted by Gasteiger charge is 2.31. The molecular formula is C20H34. The molecule has 2 aliphatic carbocycles. The molecule has 1 saturated carbocycles. The number of unbranched alkanes of at least 4 members (excludes halogenated alkanes) is 1. The molecule has 0 N–H and O–H groups in total. The highest BCUT2D eigenvalue weighted by molar-refractivity contribution is 5.41. The van der Waals surface area contributed by atoms with Gasteiger partial charge >= 0.3 is 0 Å². The summed E-state index contributed by atoms with van der Waals surface area (Å²) in [7, 11) is 0. The quantitative estimate of drug-likeness (QED) is 0.495. The molecule has 1 fully saturated rings. The molecule has 2 aliphatic rings. The first-order valence-corrected chi connectivity index (χ1v) is 9.03. The minimum absolute atomic E-state index is 0.819. The van der Waals surface area contributed by atoms with Gasteiger partial charge in [0.1, 0.15) is 0 Å². The first-order chi connectivity index (χ1) is 9.63. The van der Waals surface area contributed by atoms with Gasteiger partial charge in [-0.15, -0.1) is 0 Å². The normalized spacial score (nSPS) is 28.6. The zero-order valence-electron chi connectivity index (χ0n) is 14.1. The number of fused-ring (bicyclic) bond motifs is 1. The van der Waals surface area contributed by atoms with Gasteiger partial charge in [0.2, 0.25) is 0 Å². The molecule has 2 unspecified atom stereocenters. The zero-order chi connectivity index (χ0) is 14.5. The monoisotopic (exact) mass is 274 g/mol. The van der Waals surface area contributed by atoms with Gasteiger partial charge in [0.05, 0.1) is 0 Å². The van der Waals surface area contributed by atoms with Gasteiger partial charge in [-0.25, -0.2) is 0 Å². The summed E-state index contributed by atoms with van der Waals surface area (Å²) in [4.78, 5) is 0. The van der Waals surface area contributed by atoms with Gasteiger partial charge in [0.25, 0.3) is 0 Å². The Bertz CT molecular complexity index is 360. The SMILES string of the molecule is CCCC[C@@H](C)C(C)CC[C@H]1CC(C)C2=CCCC=C21. The number of allylic oxidation sites excluding steroid dienone is 4. The molecule has 0 radical (unpaired) electrons. The topological polar surface area (TPSA) is 0 Å². The van der Waals surface area contributed by atoms with E-state index >= 15 is 0 Å². The van der Waals surface area contributed by atoms with Gasteiger partial charge in [-0.3, -0.25) is 0 Å². The van der Waals surface area contributed by atoms with Crippen LogP contribution in [0.2, 0.25) is 0 Å². The molecule has 20 heavy (non-hydrogen) atoms. The van der Waals surface area contributed by atoms with Gasteiger partial charge in [-0.1, -0.05) is 59.1 Å². The van der Waals surface area contributed by atoms with Gasteiger partial charge in [-0.2, -0.15) is 0 Å². The summed E-state index contributed by atoms with van der Waals surface area (Å²) < 4.78 is 0. The van der Waals surface area contributed by atoms with Crippen molar-refractivity contribution in [2.45, 2.75) is 79.1 Å². The van der Waals surface area contributed by atoms with Crippen molar-refractivity contribution < 1.29 is 0 Å². The van der Waals surface area contributed by atoms with Crippen LogP contribution in [-0.2, 0) is 0 Å². The molecule has 0 nitrogen and oxygen atoms in total. The lowest BCUT2D eigenvalue weighted by Crippen LogP contribution is -2.10. The molecule has 0 aromatic heterocycles. The van der Waals surface area contributed by atoms with E-state index in [0.29, 0.717) is 0 Å². The lowest BCUT2D eigenvalue weighted by Gasteiger charge is -2.22. The van der Waals surface area contributed by atoms with E-state index in [9.17, 15) is 0 Å². The highest BCUT2D eigenvalue weighted by atomic mass is 14.4. The van der Waals surface area contributed by atoms with Crippen LogP contribution in [0.15, 0.2) is 23.3 Å². The summed E-state index contributed by atoms with van der Waals surface area (Å²) >= 11 is 0. The second kappa shape index (κ2) is 7.48. The van der Waals surface area contributed by atoms with Crippen molar-refractivity contribution >= 4 is 0 Å². The molecule has 2 rings (SSSR count). The summed E-state index contributed by atoms with van der Waals surface area (Å²) in [5.41, 5.74) is 3.44. The third kappa shape index (κ3) is 3.77. The number of hydrogen-bond donors (Lipinski definition) is 0. The smallest absolute Gasteiger partial charge is 0.0157 e. The predicted molar refractivity (Wildman–Crippen MR) is 89.8 cm³/mol. The maximum absolute atomic E-state index is 2.55. The Morgan fingerprint density at radius 1 is 1.05 bits per heavy atom. The fourth-order valence-electron chi connectivity index (χ4n) is 4.11. The second-order valence-electron chi connectivity index (χ2n) is 7.40. The van der Waals surface area contributed by atoms with Gasteiger partial charge < -0.3 is 0 Å². The second-order valence-corrected chi connectivity index (χ2v) is 7.40. The summed E-state index contributed by atoms with van der Waals surface area (Å²) in [6, 6.07) is 0. The average molecular weight is 274 g/mol. The van der Waals surface area contributed by atoms with E-state index in [-0.39, 0.29) is 0 Å². The lowest BCUT2D eigenvalue weighted by molar-refractivity contribution is 0.312. The summed E-state index contributed by atoms with van der Waals surface area (Å²) in [5.74, 6) is 3.50. The van der Waals surface area contributed by atoms with E-state index in [2.05, 4.69) is 39.8 Å². The van der Waals surface area contributed by atoms with Gasteiger partial charge in [-0.05, 0) is 66.9 Å².